The Kier molecular flexibility index (Phi) is 3.70. The van der Waals surface area contributed by atoms with Crippen LogP contribution in [0.5, 0.6) is 0 Å². The third kappa shape index (κ3) is 2.40. The third-order valence-corrected chi connectivity index (χ3v) is 3.49. The van der Waals surface area contributed by atoms with Crippen molar-refractivity contribution >= 4 is 16.8 Å². The summed E-state index contributed by atoms with van der Waals surface area (Å²) >= 11 is 0. The van der Waals surface area contributed by atoms with Crippen LogP contribution in [0.3, 0.4) is 0 Å². The predicted molar refractivity (Wildman–Crippen MR) is 74.8 cm³/mol. The van der Waals surface area contributed by atoms with Gasteiger partial charge in [0.05, 0.1) is 0 Å². The van der Waals surface area contributed by atoms with Crippen LogP contribution in [-0.4, -0.2) is 28.9 Å². The molecule has 0 saturated carbocycles. The van der Waals surface area contributed by atoms with Crippen LogP contribution >= 0.6 is 0 Å². The van der Waals surface area contributed by atoms with Gasteiger partial charge in [-0.2, -0.15) is 0 Å². The van der Waals surface area contributed by atoms with E-state index in [-0.39, 0.29) is 11.9 Å². The molecule has 1 unspecified atom stereocenters. The standard InChI is InChI=1S/C15H20N2O/c1-4-5-11(2)17(3)15(18)13-6-7-14-12(10-13)8-9-16-14/h6-11,16H,4-5H2,1-3H3. The summed E-state index contributed by atoms with van der Waals surface area (Å²) in [7, 11) is 1.88. The monoisotopic (exact) mass is 244 g/mol. The van der Waals surface area contributed by atoms with Gasteiger partial charge in [0.25, 0.3) is 5.91 Å². The highest BCUT2D eigenvalue weighted by atomic mass is 16.2. The number of rotatable bonds is 4. The number of carbonyl (C=O) groups excluding carboxylic acids is 1. The lowest BCUT2D eigenvalue weighted by Crippen LogP contribution is -2.34. The average molecular weight is 244 g/mol. The second-order valence-electron chi connectivity index (χ2n) is 4.83. The lowest BCUT2D eigenvalue weighted by atomic mass is 10.1. The second kappa shape index (κ2) is 5.25. The van der Waals surface area contributed by atoms with Crippen LogP contribution in [-0.2, 0) is 0 Å². The van der Waals surface area contributed by atoms with Gasteiger partial charge >= 0.3 is 0 Å². The van der Waals surface area contributed by atoms with E-state index in [2.05, 4.69) is 18.8 Å². The second-order valence-corrected chi connectivity index (χ2v) is 4.83. The van der Waals surface area contributed by atoms with Crippen LogP contribution in [0, 0.1) is 0 Å². The maximum absolute atomic E-state index is 12.3. The number of H-pyrrole nitrogens is 1. The molecule has 1 aromatic heterocycles. The van der Waals surface area contributed by atoms with Gasteiger partial charge in [-0.3, -0.25) is 4.79 Å². The van der Waals surface area contributed by atoms with Gasteiger partial charge in [0.15, 0.2) is 0 Å². The Morgan fingerprint density at radius 3 is 2.89 bits per heavy atom. The van der Waals surface area contributed by atoms with Crippen molar-refractivity contribution in [3.8, 4) is 0 Å². The van der Waals surface area contributed by atoms with E-state index in [0.717, 1.165) is 29.3 Å². The molecule has 1 atom stereocenters. The van der Waals surface area contributed by atoms with Crippen molar-refractivity contribution in [2.24, 2.45) is 0 Å². The Morgan fingerprint density at radius 1 is 1.39 bits per heavy atom. The third-order valence-electron chi connectivity index (χ3n) is 3.49. The zero-order valence-electron chi connectivity index (χ0n) is 11.2. The number of nitrogens with zero attached hydrogens (tertiary/aromatic N) is 1. The minimum Gasteiger partial charge on any atom is -0.361 e. The van der Waals surface area contributed by atoms with Gasteiger partial charge < -0.3 is 9.88 Å². The lowest BCUT2D eigenvalue weighted by molar-refractivity contribution is 0.0737. The molecule has 0 aliphatic heterocycles. The number of aromatic amines is 1. The Bertz CT molecular complexity index is 544. The molecular formula is C15H20N2O. The van der Waals surface area contributed by atoms with Crippen LogP contribution < -0.4 is 0 Å². The zero-order chi connectivity index (χ0) is 13.1. The summed E-state index contributed by atoms with van der Waals surface area (Å²) in [4.78, 5) is 17.3. The molecule has 0 bridgehead atoms. The molecule has 1 amide bonds. The number of carbonyl (C=O) groups is 1. The Labute approximate surface area is 108 Å². The molecule has 1 N–H and O–H groups in total. The fourth-order valence-corrected chi connectivity index (χ4v) is 2.20. The van der Waals surface area contributed by atoms with Crippen molar-refractivity contribution in [2.45, 2.75) is 32.7 Å². The molecule has 2 rings (SSSR count). The maximum atomic E-state index is 12.3. The summed E-state index contributed by atoms with van der Waals surface area (Å²) in [5.41, 5.74) is 1.82. The Balaban J connectivity index is 2.21. The van der Waals surface area contributed by atoms with E-state index in [9.17, 15) is 4.79 Å². The topological polar surface area (TPSA) is 36.1 Å². The Morgan fingerprint density at radius 2 is 2.17 bits per heavy atom. The number of hydrogen-bond donors (Lipinski definition) is 1. The molecule has 3 heteroatoms. The fraction of sp³-hybridized carbons (Fsp3) is 0.400. The summed E-state index contributed by atoms with van der Waals surface area (Å²) in [5, 5.41) is 1.08. The number of benzene rings is 1. The molecule has 0 spiro atoms. The minimum absolute atomic E-state index is 0.0963. The van der Waals surface area contributed by atoms with Crippen molar-refractivity contribution in [2.75, 3.05) is 7.05 Å². The van der Waals surface area contributed by atoms with Gasteiger partial charge in [0, 0.05) is 35.8 Å². The number of amides is 1. The van der Waals surface area contributed by atoms with Crippen molar-refractivity contribution < 1.29 is 4.79 Å². The quantitative estimate of drug-likeness (QED) is 0.878. The van der Waals surface area contributed by atoms with Crippen molar-refractivity contribution in [1.29, 1.82) is 0 Å². The summed E-state index contributed by atoms with van der Waals surface area (Å²) in [6.07, 6.45) is 4.02. The maximum Gasteiger partial charge on any atom is 0.253 e. The number of nitrogens with one attached hydrogen (secondary N) is 1. The average Bonchev–Trinajstić information content (AvgIpc) is 2.84. The molecule has 0 saturated heterocycles. The van der Waals surface area contributed by atoms with Gasteiger partial charge in [-0.1, -0.05) is 13.3 Å². The van der Waals surface area contributed by atoms with Crippen LogP contribution in [0.1, 0.15) is 37.0 Å². The Hall–Kier alpha value is -1.77. The van der Waals surface area contributed by atoms with Crippen molar-refractivity contribution in [1.82, 2.24) is 9.88 Å². The first-order valence-corrected chi connectivity index (χ1v) is 6.47. The highest BCUT2D eigenvalue weighted by molar-refractivity contribution is 5.98. The first-order chi connectivity index (χ1) is 8.63. The van der Waals surface area contributed by atoms with Gasteiger partial charge in [0.2, 0.25) is 0 Å². The molecule has 1 aromatic carbocycles. The van der Waals surface area contributed by atoms with E-state index < -0.39 is 0 Å². The lowest BCUT2D eigenvalue weighted by Gasteiger charge is -2.24. The highest BCUT2D eigenvalue weighted by Gasteiger charge is 2.16. The van der Waals surface area contributed by atoms with E-state index in [4.69, 9.17) is 0 Å². The SMILES string of the molecule is CCCC(C)N(C)C(=O)c1ccc2[nH]ccc2c1. The molecule has 0 aliphatic carbocycles. The molecule has 96 valence electrons. The van der Waals surface area contributed by atoms with E-state index in [1.165, 1.54) is 0 Å². The number of fused-ring (bicyclic) bond motifs is 1. The van der Waals surface area contributed by atoms with Gasteiger partial charge in [-0.15, -0.1) is 0 Å². The normalized spacial score (nSPS) is 12.6. The molecule has 18 heavy (non-hydrogen) atoms. The molecule has 1 heterocycles. The van der Waals surface area contributed by atoms with Crippen LogP contribution in [0.15, 0.2) is 30.5 Å². The summed E-state index contributed by atoms with van der Waals surface area (Å²) in [6, 6.07) is 8.06. The van der Waals surface area contributed by atoms with Gasteiger partial charge in [-0.25, -0.2) is 0 Å². The largest absolute Gasteiger partial charge is 0.361 e. The van der Waals surface area contributed by atoms with Crippen LogP contribution in [0.25, 0.3) is 10.9 Å². The number of aromatic nitrogens is 1. The molecule has 2 aromatic rings. The molecular weight excluding hydrogens is 224 g/mol. The van der Waals surface area contributed by atoms with Crippen LogP contribution in [0.2, 0.25) is 0 Å². The van der Waals surface area contributed by atoms with E-state index >= 15 is 0 Å². The number of hydrogen-bond acceptors (Lipinski definition) is 1. The summed E-state index contributed by atoms with van der Waals surface area (Å²) in [5.74, 6) is 0.0963. The van der Waals surface area contributed by atoms with Gasteiger partial charge in [-0.05, 0) is 37.6 Å². The molecule has 0 aliphatic rings. The smallest absolute Gasteiger partial charge is 0.253 e. The van der Waals surface area contributed by atoms with E-state index in [1.54, 1.807) is 0 Å². The minimum atomic E-state index is 0.0963. The van der Waals surface area contributed by atoms with Crippen LogP contribution in [0.4, 0.5) is 0 Å². The zero-order valence-corrected chi connectivity index (χ0v) is 11.2. The first kappa shape index (κ1) is 12.7. The molecule has 0 radical (unpaired) electrons. The predicted octanol–water partition coefficient (Wildman–Crippen LogP) is 3.43. The fourth-order valence-electron chi connectivity index (χ4n) is 2.20. The summed E-state index contributed by atoms with van der Waals surface area (Å²) < 4.78 is 0. The van der Waals surface area contributed by atoms with E-state index in [0.29, 0.717) is 0 Å². The van der Waals surface area contributed by atoms with Crippen molar-refractivity contribution in [3.05, 3.63) is 36.0 Å². The first-order valence-electron chi connectivity index (χ1n) is 6.47. The molecule has 0 fully saturated rings. The highest BCUT2D eigenvalue weighted by Crippen LogP contribution is 2.16. The molecule has 3 nitrogen and oxygen atoms in total. The summed E-state index contributed by atoms with van der Waals surface area (Å²) in [6.45, 7) is 4.23. The van der Waals surface area contributed by atoms with Crippen molar-refractivity contribution in [3.63, 3.8) is 0 Å². The van der Waals surface area contributed by atoms with Gasteiger partial charge in [0.1, 0.15) is 0 Å². The van der Waals surface area contributed by atoms with E-state index in [1.807, 2.05) is 42.4 Å².